The summed E-state index contributed by atoms with van der Waals surface area (Å²) in [6, 6.07) is 4.86. The van der Waals surface area contributed by atoms with Crippen molar-refractivity contribution in [3.63, 3.8) is 0 Å². The molecular formula is C23H32O2. The topological polar surface area (TPSA) is 29.5 Å². The highest BCUT2D eigenvalue weighted by atomic mass is 16.5. The number of aliphatic hydroxyl groups excluding tert-OH is 1. The number of benzene rings is 1. The van der Waals surface area contributed by atoms with Gasteiger partial charge in [0.1, 0.15) is 0 Å². The van der Waals surface area contributed by atoms with Crippen LogP contribution in [0.25, 0.3) is 0 Å². The summed E-state index contributed by atoms with van der Waals surface area (Å²) in [5, 5.41) is 10.5. The summed E-state index contributed by atoms with van der Waals surface area (Å²) < 4.78 is 6.10. The van der Waals surface area contributed by atoms with Gasteiger partial charge in [-0.25, -0.2) is 0 Å². The van der Waals surface area contributed by atoms with Crippen LogP contribution in [0.4, 0.5) is 0 Å². The first-order chi connectivity index (χ1) is 12.2. The molecule has 2 nitrogen and oxygen atoms in total. The molecule has 3 aliphatic carbocycles. The lowest BCUT2D eigenvalue weighted by Crippen LogP contribution is -2.36. The van der Waals surface area contributed by atoms with Gasteiger partial charge >= 0.3 is 0 Å². The van der Waals surface area contributed by atoms with E-state index in [0.29, 0.717) is 12.0 Å². The fraction of sp³-hybridized carbons (Fsp3) is 0.739. The molecule has 1 aliphatic heterocycles. The zero-order chi connectivity index (χ0) is 17.0. The van der Waals surface area contributed by atoms with Gasteiger partial charge in [0.2, 0.25) is 0 Å². The number of fused-ring (bicyclic) bond motifs is 5. The van der Waals surface area contributed by atoms with Crippen LogP contribution >= 0.6 is 0 Å². The molecule has 1 saturated heterocycles. The van der Waals surface area contributed by atoms with E-state index in [1.165, 1.54) is 51.4 Å². The van der Waals surface area contributed by atoms with Gasteiger partial charge in [-0.2, -0.15) is 0 Å². The van der Waals surface area contributed by atoms with Crippen LogP contribution in [0, 0.1) is 11.3 Å². The molecule has 136 valence electrons. The first kappa shape index (κ1) is 16.3. The second kappa shape index (κ2) is 6.09. The molecule has 0 spiro atoms. The highest BCUT2D eigenvalue weighted by Crippen LogP contribution is 2.56. The van der Waals surface area contributed by atoms with Gasteiger partial charge in [0.15, 0.2) is 0 Å². The fourth-order valence-electron chi connectivity index (χ4n) is 6.52. The Morgan fingerprint density at radius 2 is 1.96 bits per heavy atom. The molecule has 1 aromatic rings. The van der Waals surface area contributed by atoms with Crippen molar-refractivity contribution in [1.82, 2.24) is 0 Å². The monoisotopic (exact) mass is 340 g/mol. The molecule has 0 radical (unpaired) electrons. The highest BCUT2D eigenvalue weighted by Gasteiger charge is 2.49. The Labute approximate surface area is 152 Å². The third-order valence-electron chi connectivity index (χ3n) is 8.13. The van der Waals surface area contributed by atoms with Crippen LogP contribution in [-0.4, -0.2) is 23.9 Å². The molecule has 1 N–H and O–H groups in total. The fourth-order valence-corrected chi connectivity index (χ4v) is 6.52. The van der Waals surface area contributed by atoms with Crippen LogP contribution in [0.5, 0.6) is 0 Å². The summed E-state index contributed by atoms with van der Waals surface area (Å²) in [5.41, 5.74) is 6.64. The molecule has 25 heavy (non-hydrogen) atoms. The lowest BCUT2D eigenvalue weighted by Gasteiger charge is -2.42. The quantitative estimate of drug-likeness (QED) is 0.812. The van der Waals surface area contributed by atoms with Crippen molar-refractivity contribution in [2.45, 2.75) is 89.3 Å². The third-order valence-corrected chi connectivity index (χ3v) is 8.13. The number of hydrogen-bond acceptors (Lipinski definition) is 2. The molecule has 0 aromatic heterocycles. The first-order valence-corrected chi connectivity index (χ1v) is 10.6. The van der Waals surface area contributed by atoms with E-state index in [9.17, 15) is 5.11 Å². The van der Waals surface area contributed by atoms with Crippen LogP contribution in [0.15, 0.2) is 12.1 Å². The molecule has 2 fully saturated rings. The zero-order valence-corrected chi connectivity index (χ0v) is 15.6. The molecule has 0 amide bonds. The smallest absolute Gasteiger partial charge is 0.0606 e. The van der Waals surface area contributed by atoms with Gasteiger partial charge in [-0.15, -0.1) is 0 Å². The van der Waals surface area contributed by atoms with E-state index < -0.39 is 0 Å². The normalized spacial score (nSPS) is 40.2. The predicted octanol–water partition coefficient (Wildman–Crippen LogP) is 4.55. The van der Waals surface area contributed by atoms with Crippen LogP contribution in [0.1, 0.15) is 80.0 Å². The number of rotatable bonds is 1. The maximum atomic E-state index is 10.5. The summed E-state index contributed by atoms with van der Waals surface area (Å²) >= 11 is 0. The lowest BCUT2D eigenvalue weighted by molar-refractivity contribution is -0.0244. The lowest BCUT2D eigenvalue weighted by atomic mass is 9.64. The molecule has 1 saturated carbocycles. The largest absolute Gasteiger partial charge is 0.393 e. The van der Waals surface area contributed by atoms with Crippen LogP contribution < -0.4 is 0 Å². The molecule has 0 bridgehead atoms. The Bertz CT molecular complexity index is 660. The van der Waals surface area contributed by atoms with Gasteiger partial charge in [0.05, 0.1) is 12.2 Å². The third kappa shape index (κ3) is 2.51. The SMILES string of the molecule is CC12CCc3c(ccc4c3CC[C@@H](C3CCCCO3)C4)C1CC[C@@H]2O. The van der Waals surface area contributed by atoms with E-state index in [1.54, 1.807) is 22.3 Å². The van der Waals surface area contributed by atoms with Crippen molar-refractivity contribution in [2.24, 2.45) is 11.3 Å². The van der Waals surface area contributed by atoms with Crippen molar-refractivity contribution >= 4 is 0 Å². The van der Waals surface area contributed by atoms with Gasteiger partial charge in [-0.3, -0.25) is 0 Å². The summed E-state index contributed by atoms with van der Waals surface area (Å²) in [6.07, 6.45) is 12.5. The minimum absolute atomic E-state index is 0.102. The number of aliphatic hydroxyl groups is 1. The van der Waals surface area contributed by atoms with Gasteiger partial charge in [-0.05, 0) is 98.3 Å². The average molecular weight is 341 g/mol. The van der Waals surface area contributed by atoms with Crippen molar-refractivity contribution in [2.75, 3.05) is 6.61 Å². The Kier molecular flexibility index (Phi) is 3.98. The van der Waals surface area contributed by atoms with Gasteiger partial charge in [0, 0.05) is 12.0 Å². The zero-order valence-electron chi connectivity index (χ0n) is 15.6. The van der Waals surface area contributed by atoms with Crippen molar-refractivity contribution in [3.05, 3.63) is 34.4 Å². The van der Waals surface area contributed by atoms with Crippen LogP contribution in [-0.2, 0) is 24.0 Å². The highest BCUT2D eigenvalue weighted by molar-refractivity contribution is 5.47. The Morgan fingerprint density at radius 3 is 2.80 bits per heavy atom. The van der Waals surface area contributed by atoms with Gasteiger partial charge < -0.3 is 9.84 Å². The van der Waals surface area contributed by atoms with Gasteiger partial charge in [-0.1, -0.05) is 19.1 Å². The summed E-state index contributed by atoms with van der Waals surface area (Å²) in [4.78, 5) is 0. The predicted molar refractivity (Wildman–Crippen MR) is 100.0 cm³/mol. The van der Waals surface area contributed by atoms with Crippen LogP contribution in [0.3, 0.4) is 0 Å². The maximum absolute atomic E-state index is 10.5. The minimum Gasteiger partial charge on any atom is -0.393 e. The summed E-state index contributed by atoms with van der Waals surface area (Å²) in [6.45, 7) is 3.30. The van der Waals surface area contributed by atoms with Crippen molar-refractivity contribution in [1.29, 1.82) is 0 Å². The minimum atomic E-state index is -0.102. The molecule has 5 atom stereocenters. The summed E-state index contributed by atoms with van der Waals surface area (Å²) in [7, 11) is 0. The van der Waals surface area contributed by atoms with Crippen LogP contribution in [0.2, 0.25) is 0 Å². The number of ether oxygens (including phenoxy) is 1. The molecule has 2 heteroatoms. The molecule has 1 heterocycles. The van der Waals surface area contributed by atoms with E-state index >= 15 is 0 Å². The second-order valence-corrected chi connectivity index (χ2v) is 9.33. The first-order valence-electron chi connectivity index (χ1n) is 10.6. The Morgan fingerprint density at radius 1 is 1.04 bits per heavy atom. The van der Waals surface area contributed by atoms with E-state index in [1.807, 2.05) is 0 Å². The standard InChI is InChI=1S/C23H32O2/c1-23-12-11-18-17-7-6-16(21-4-2-3-13-25-21)14-15(17)5-8-19(18)20(23)9-10-22(23)24/h5,8,16,20-22,24H,2-4,6-7,9-14H2,1H3/t16-,20?,21?,22+,23?/m1/s1. The molecule has 5 rings (SSSR count). The summed E-state index contributed by atoms with van der Waals surface area (Å²) in [5.74, 6) is 1.31. The van der Waals surface area contributed by atoms with Crippen molar-refractivity contribution in [3.8, 4) is 0 Å². The molecule has 4 aliphatic rings. The van der Waals surface area contributed by atoms with Crippen molar-refractivity contribution < 1.29 is 9.84 Å². The Hall–Kier alpha value is -0.860. The number of hydrogen-bond donors (Lipinski definition) is 1. The van der Waals surface area contributed by atoms with E-state index in [4.69, 9.17) is 4.74 Å². The Balaban J connectivity index is 1.44. The van der Waals surface area contributed by atoms with E-state index in [0.717, 1.165) is 25.4 Å². The second-order valence-electron chi connectivity index (χ2n) is 9.33. The van der Waals surface area contributed by atoms with Gasteiger partial charge in [0.25, 0.3) is 0 Å². The molecular weight excluding hydrogens is 308 g/mol. The van der Waals surface area contributed by atoms with E-state index in [-0.39, 0.29) is 11.5 Å². The van der Waals surface area contributed by atoms with E-state index in [2.05, 4.69) is 19.1 Å². The maximum Gasteiger partial charge on any atom is 0.0606 e. The molecule has 1 aromatic carbocycles. The average Bonchev–Trinajstić information content (AvgIpc) is 2.97. The molecule has 3 unspecified atom stereocenters.